The number of aliphatic carboxylic acids is 1. The summed E-state index contributed by atoms with van der Waals surface area (Å²) in [5.41, 5.74) is -0.509. The zero-order valence-corrected chi connectivity index (χ0v) is 11.6. The van der Waals surface area contributed by atoms with Crippen molar-refractivity contribution in [3.8, 4) is 0 Å². The number of ether oxygens (including phenoxy) is 1. The number of nitrogens with one attached hydrogen (secondary N) is 1. The molecule has 6 heteroatoms. The molecule has 1 amide bonds. The molecule has 0 aliphatic carbocycles. The van der Waals surface area contributed by atoms with Gasteiger partial charge in [0.1, 0.15) is 0 Å². The standard InChI is InChI=1S/C14H22N2O4/c17-12-9-11(13(18)19)14(15-12)3-5-16(6-4-14)10-1-7-20-8-2-10/h10-11H,1-9H2,(H,15,17)(H,18,19). The van der Waals surface area contributed by atoms with Crippen molar-refractivity contribution >= 4 is 11.9 Å². The van der Waals surface area contributed by atoms with Gasteiger partial charge in [-0.15, -0.1) is 0 Å². The highest BCUT2D eigenvalue weighted by atomic mass is 16.5. The van der Waals surface area contributed by atoms with E-state index >= 15 is 0 Å². The van der Waals surface area contributed by atoms with Crippen LogP contribution in [0.15, 0.2) is 0 Å². The Morgan fingerprint density at radius 3 is 2.55 bits per heavy atom. The predicted molar refractivity (Wildman–Crippen MR) is 71.3 cm³/mol. The summed E-state index contributed by atoms with van der Waals surface area (Å²) in [7, 11) is 0. The Hall–Kier alpha value is -1.14. The van der Waals surface area contributed by atoms with Crippen molar-refractivity contribution < 1.29 is 19.4 Å². The topological polar surface area (TPSA) is 78.9 Å². The lowest BCUT2D eigenvalue weighted by molar-refractivity contribution is -0.144. The fourth-order valence-corrected chi connectivity index (χ4v) is 3.93. The Labute approximate surface area is 118 Å². The lowest BCUT2D eigenvalue weighted by Gasteiger charge is -2.45. The van der Waals surface area contributed by atoms with Crippen LogP contribution in [0.5, 0.6) is 0 Å². The largest absolute Gasteiger partial charge is 0.481 e. The fourth-order valence-electron chi connectivity index (χ4n) is 3.93. The summed E-state index contributed by atoms with van der Waals surface area (Å²) in [5, 5.41) is 12.3. The second-order valence-electron chi connectivity index (χ2n) is 6.18. The second kappa shape index (κ2) is 5.33. The molecule has 3 fully saturated rings. The van der Waals surface area contributed by atoms with Crippen LogP contribution in [0.25, 0.3) is 0 Å². The van der Waals surface area contributed by atoms with Gasteiger partial charge in [-0.25, -0.2) is 0 Å². The molecule has 3 aliphatic rings. The van der Waals surface area contributed by atoms with Crippen molar-refractivity contribution in [2.24, 2.45) is 5.92 Å². The van der Waals surface area contributed by atoms with Crippen LogP contribution in [0.1, 0.15) is 32.1 Å². The van der Waals surface area contributed by atoms with Crippen molar-refractivity contribution in [1.29, 1.82) is 0 Å². The molecule has 6 nitrogen and oxygen atoms in total. The van der Waals surface area contributed by atoms with Crippen LogP contribution >= 0.6 is 0 Å². The second-order valence-corrected chi connectivity index (χ2v) is 6.18. The minimum Gasteiger partial charge on any atom is -0.481 e. The number of carboxylic acids is 1. The highest BCUT2D eigenvalue weighted by molar-refractivity contribution is 5.88. The quantitative estimate of drug-likeness (QED) is 0.757. The van der Waals surface area contributed by atoms with Gasteiger partial charge in [-0.3, -0.25) is 9.59 Å². The van der Waals surface area contributed by atoms with Crippen molar-refractivity contribution in [2.45, 2.75) is 43.7 Å². The Morgan fingerprint density at radius 2 is 1.95 bits per heavy atom. The third-order valence-electron chi connectivity index (χ3n) is 5.14. The zero-order chi connectivity index (χ0) is 14.2. The molecule has 3 heterocycles. The maximum atomic E-state index is 11.6. The summed E-state index contributed by atoms with van der Waals surface area (Å²) in [6, 6.07) is 0.557. The molecule has 0 aromatic carbocycles. The first-order valence-corrected chi connectivity index (χ1v) is 7.46. The molecule has 2 N–H and O–H groups in total. The SMILES string of the molecule is O=C1CC(C(=O)O)C2(CCN(C3CCOCC3)CC2)N1. The number of carbonyl (C=O) groups excluding carboxylic acids is 1. The first-order chi connectivity index (χ1) is 9.61. The number of carboxylic acid groups (broad SMARTS) is 1. The average molecular weight is 282 g/mol. The number of likely N-dealkylation sites (tertiary alicyclic amines) is 1. The van der Waals surface area contributed by atoms with Gasteiger partial charge in [0.05, 0.1) is 11.5 Å². The minimum absolute atomic E-state index is 0.114. The molecular formula is C14H22N2O4. The maximum Gasteiger partial charge on any atom is 0.309 e. The number of hydrogen-bond donors (Lipinski definition) is 2. The first-order valence-electron chi connectivity index (χ1n) is 7.46. The van der Waals surface area contributed by atoms with E-state index in [-0.39, 0.29) is 12.3 Å². The predicted octanol–water partition coefficient (Wildman–Crippen LogP) is 0.221. The third-order valence-corrected chi connectivity index (χ3v) is 5.14. The van der Waals surface area contributed by atoms with E-state index in [9.17, 15) is 14.7 Å². The molecule has 20 heavy (non-hydrogen) atoms. The van der Waals surface area contributed by atoms with Gasteiger partial charge in [0, 0.05) is 38.8 Å². The van der Waals surface area contributed by atoms with Crippen LogP contribution < -0.4 is 5.32 Å². The molecule has 3 rings (SSSR count). The number of hydrogen-bond acceptors (Lipinski definition) is 4. The van der Waals surface area contributed by atoms with Gasteiger partial charge in [-0.2, -0.15) is 0 Å². The van der Waals surface area contributed by atoms with E-state index in [1.807, 2.05) is 0 Å². The summed E-state index contributed by atoms with van der Waals surface area (Å²) < 4.78 is 5.39. The molecule has 112 valence electrons. The van der Waals surface area contributed by atoms with E-state index in [0.717, 1.165) is 52.0 Å². The van der Waals surface area contributed by atoms with E-state index in [2.05, 4.69) is 10.2 Å². The number of rotatable bonds is 2. The van der Waals surface area contributed by atoms with E-state index < -0.39 is 17.4 Å². The van der Waals surface area contributed by atoms with Gasteiger partial charge in [0.2, 0.25) is 5.91 Å². The molecule has 0 saturated carbocycles. The summed E-state index contributed by atoms with van der Waals surface area (Å²) >= 11 is 0. The van der Waals surface area contributed by atoms with Gasteiger partial charge in [0.25, 0.3) is 0 Å². The van der Waals surface area contributed by atoms with Crippen LogP contribution in [0.3, 0.4) is 0 Å². The lowest BCUT2D eigenvalue weighted by atomic mass is 9.77. The van der Waals surface area contributed by atoms with Crippen LogP contribution in [0, 0.1) is 5.92 Å². The molecule has 1 unspecified atom stereocenters. The molecular weight excluding hydrogens is 260 g/mol. The number of carbonyl (C=O) groups is 2. The normalized spacial score (nSPS) is 31.4. The van der Waals surface area contributed by atoms with Crippen molar-refractivity contribution in [3.63, 3.8) is 0 Å². The van der Waals surface area contributed by atoms with Crippen LogP contribution in [0.4, 0.5) is 0 Å². The first kappa shape index (κ1) is 13.8. The Balaban J connectivity index is 1.64. The monoisotopic (exact) mass is 282 g/mol. The Kier molecular flexibility index (Phi) is 3.69. The van der Waals surface area contributed by atoms with Crippen molar-refractivity contribution in [1.82, 2.24) is 10.2 Å². The van der Waals surface area contributed by atoms with Crippen LogP contribution in [0.2, 0.25) is 0 Å². The summed E-state index contributed by atoms with van der Waals surface area (Å²) in [6.45, 7) is 3.38. The lowest BCUT2D eigenvalue weighted by Crippen LogP contribution is -2.57. The van der Waals surface area contributed by atoms with E-state index in [4.69, 9.17) is 4.74 Å². The van der Waals surface area contributed by atoms with Gasteiger partial charge >= 0.3 is 5.97 Å². The maximum absolute atomic E-state index is 11.6. The van der Waals surface area contributed by atoms with Gasteiger partial charge in [-0.05, 0) is 25.7 Å². The van der Waals surface area contributed by atoms with E-state index in [1.165, 1.54) is 0 Å². The van der Waals surface area contributed by atoms with Gasteiger partial charge in [0.15, 0.2) is 0 Å². The third kappa shape index (κ3) is 2.42. The molecule has 3 aliphatic heterocycles. The van der Waals surface area contributed by atoms with Crippen LogP contribution in [-0.2, 0) is 14.3 Å². The van der Waals surface area contributed by atoms with Crippen LogP contribution in [-0.4, -0.2) is 59.8 Å². The van der Waals surface area contributed by atoms with E-state index in [0.29, 0.717) is 6.04 Å². The number of piperidine rings is 1. The smallest absolute Gasteiger partial charge is 0.309 e. The highest BCUT2D eigenvalue weighted by Gasteiger charge is 2.51. The molecule has 0 radical (unpaired) electrons. The highest BCUT2D eigenvalue weighted by Crippen LogP contribution is 2.37. The fraction of sp³-hybridized carbons (Fsp3) is 0.857. The molecule has 0 bridgehead atoms. The van der Waals surface area contributed by atoms with Gasteiger partial charge in [-0.1, -0.05) is 0 Å². The summed E-state index contributed by atoms with van der Waals surface area (Å²) in [5.74, 6) is -1.52. The Morgan fingerprint density at radius 1 is 1.30 bits per heavy atom. The number of nitrogens with zero attached hydrogens (tertiary/aromatic N) is 1. The van der Waals surface area contributed by atoms with Crippen molar-refractivity contribution in [3.05, 3.63) is 0 Å². The molecule has 1 spiro atoms. The molecule has 0 aromatic heterocycles. The average Bonchev–Trinajstić information content (AvgIpc) is 2.77. The molecule has 0 aromatic rings. The van der Waals surface area contributed by atoms with Gasteiger partial charge < -0.3 is 20.1 Å². The number of amides is 1. The van der Waals surface area contributed by atoms with E-state index in [1.54, 1.807) is 0 Å². The molecule has 3 saturated heterocycles. The minimum atomic E-state index is -0.845. The molecule has 1 atom stereocenters. The zero-order valence-electron chi connectivity index (χ0n) is 11.6. The Bertz CT molecular complexity index is 398. The van der Waals surface area contributed by atoms with Crippen molar-refractivity contribution in [2.75, 3.05) is 26.3 Å². The summed E-state index contributed by atoms with van der Waals surface area (Å²) in [6.07, 6.45) is 3.73. The summed E-state index contributed by atoms with van der Waals surface area (Å²) in [4.78, 5) is 25.4.